The first-order valence-corrected chi connectivity index (χ1v) is 9.26. The smallest absolute Gasteiger partial charge is 0.369 e. The van der Waals surface area contributed by atoms with Crippen LogP contribution in [0.1, 0.15) is 53.4 Å². The summed E-state index contributed by atoms with van der Waals surface area (Å²) in [6.45, 7) is 0.509. The summed E-state index contributed by atoms with van der Waals surface area (Å²) >= 11 is 0. The van der Waals surface area contributed by atoms with E-state index in [1.807, 2.05) is 0 Å². The number of aromatic nitrogens is 2. The zero-order valence-electron chi connectivity index (χ0n) is 15.2. The van der Waals surface area contributed by atoms with E-state index in [0.29, 0.717) is 12.2 Å². The largest absolute Gasteiger partial charge is 0.416 e. The zero-order valence-corrected chi connectivity index (χ0v) is 15.2. The summed E-state index contributed by atoms with van der Waals surface area (Å²) in [5.74, 6) is -0.232. The minimum Gasteiger partial charge on any atom is -0.369 e. The summed E-state index contributed by atoms with van der Waals surface area (Å²) in [4.78, 5) is 22.8. The summed E-state index contributed by atoms with van der Waals surface area (Å²) in [6, 6.07) is 6.68. The van der Waals surface area contributed by atoms with Gasteiger partial charge in [0.2, 0.25) is 0 Å². The molecule has 1 amide bonds. The average Bonchev–Trinajstić information content (AvgIpc) is 3.17. The molecule has 8 heteroatoms. The van der Waals surface area contributed by atoms with Crippen molar-refractivity contribution in [2.24, 2.45) is 0 Å². The van der Waals surface area contributed by atoms with Crippen LogP contribution >= 0.6 is 0 Å². The Balaban J connectivity index is 1.64. The molecule has 1 spiro atoms. The van der Waals surface area contributed by atoms with Crippen molar-refractivity contribution in [3.05, 3.63) is 59.7 Å². The molecule has 1 aromatic heterocycles. The van der Waals surface area contributed by atoms with Crippen molar-refractivity contribution in [3.63, 3.8) is 0 Å². The molecule has 2 aliphatic rings. The van der Waals surface area contributed by atoms with Crippen molar-refractivity contribution in [3.8, 4) is 0 Å². The Bertz CT molecular complexity index is 851. The molecule has 2 fully saturated rings. The second-order valence-corrected chi connectivity index (χ2v) is 7.36. The number of benzene rings is 1. The number of carbonyl (C=O) groups is 1. The minimum atomic E-state index is -4.42. The third-order valence-electron chi connectivity index (χ3n) is 5.64. The lowest BCUT2D eigenvalue weighted by Gasteiger charge is -2.47. The summed E-state index contributed by atoms with van der Waals surface area (Å²) in [6.07, 6.45) is 1.41. The number of morpholine rings is 1. The number of hydrogen-bond donors (Lipinski definition) is 0. The second kappa shape index (κ2) is 7.16. The predicted octanol–water partition coefficient (Wildman–Crippen LogP) is 4.02. The lowest BCUT2D eigenvalue weighted by atomic mass is 9.91. The van der Waals surface area contributed by atoms with E-state index in [2.05, 4.69) is 9.97 Å². The van der Waals surface area contributed by atoms with Gasteiger partial charge in [-0.2, -0.15) is 13.2 Å². The molecule has 148 valence electrons. The van der Waals surface area contributed by atoms with E-state index in [-0.39, 0.29) is 18.1 Å². The van der Waals surface area contributed by atoms with Gasteiger partial charge in [-0.05, 0) is 36.6 Å². The molecule has 0 N–H and O–H groups in total. The van der Waals surface area contributed by atoms with Crippen molar-refractivity contribution in [1.82, 2.24) is 14.9 Å². The Morgan fingerprint density at radius 1 is 1.21 bits per heavy atom. The number of carbonyl (C=O) groups excluding carboxylic acids is 1. The van der Waals surface area contributed by atoms with Gasteiger partial charge in [0.1, 0.15) is 18.1 Å². The van der Waals surface area contributed by atoms with E-state index in [9.17, 15) is 18.0 Å². The van der Waals surface area contributed by atoms with E-state index in [1.54, 1.807) is 17.0 Å². The van der Waals surface area contributed by atoms with Crippen LogP contribution in [0, 0.1) is 0 Å². The Hall–Kier alpha value is -2.48. The number of amides is 1. The van der Waals surface area contributed by atoms with Crippen molar-refractivity contribution in [2.75, 3.05) is 13.2 Å². The van der Waals surface area contributed by atoms with Gasteiger partial charge in [0.05, 0.1) is 24.3 Å². The van der Waals surface area contributed by atoms with E-state index in [1.165, 1.54) is 18.6 Å². The van der Waals surface area contributed by atoms with Crippen LogP contribution in [0.25, 0.3) is 0 Å². The van der Waals surface area contributed by atoms with Crippen LogP contribution in [0.2, 0.25) is 0 Å². The highest BCUT2D eigenvalue weighted by Gasteiger charge is 2.47. The quantitative estimate of drug-likeness (QED) is 0.776. The highest BCUT2D eigenvalue weighted by atomic mass is 19.4. The number of nitrogens with zero attached hydrogens (tertiary/aromatic N) is 3. The first-order valence-electron chi connectivity index (χ1n) is 9.26. The molecule has 1 aromatic carbocycles. The fourth-order valence-electron chi connectivity index (χ4n) is 4.16. The van der Waals surface area contributed by atoms with Crippen LogP contribution < -0.4 is 0 Å². The monoisotopic (exact) mass is 391 g/mol. The SMILES string of the molecule is O=C(c1ccncn1)N1CC(c2cccc(C(F)(F)F)c2)OCC12CCCC2. The molecule has 5 nitrogen and oxygen atoms in total. The van der Waals surface area contributed by atoms with Crippen LogP contribution in [-0.4, -0.2) is 39.5 Å². The molecule has 28 heavy (non-hydrogen) atoms. The summed E-state index contributed by atoms with van der Waals surface area (Å²) in [7, 11) is 0. The van der Waals surface area contributed by atoms with E-state index in [4.69, 9.17) is 4.74 Å². The number of halogens is 3. The van der Waals surface area contributed by atoms with Crippen LogP contribution in [0.3, 0.4) is 0 Å². The third-order valence-corrected chi connectivity index (χ3v) is 5.64. The molecule has 2 heterocycles. The molecule has 1 saturated heterocycles. The van der Waals surface area contributed by atoms with Gasteiger partial charge >= 0.3 is 6.18 Å². The van der Waals surface area contributed by atoms with Gasteiger partial charge in [-0.3, -0.25) is 4.79 Å². The van der Waals surface area contributed by atoms with E-state index in [0.717, 1.165) is 37.8 Å². The second-order valence-electron chi connectivity index (χ2n) is 7.36. The maximum Gasteiger partial charge on any atom is 0.416 e. The highest BCUT2D eigenvalue weighted by molar-refractivity contribution is 5.92. The van der Waals surface area contributed by atoms with Crippen LogP contribution in [-0.2, 0) is 10.9 Å². The molecular weight excluding hydrogens is 371 g/mol. The molecule has 1 unspecified atom stereocenters. The number of alkyl halides is 3. The van der Waals surface area contributed by atoms with Gasteiger partial charge in [0.15, 0.2) is 0 Å². The Kier molecular flexibility index (Phi) is 4.82. The Morgan fingerprint density at radius 2 is 2.00 bits per heavy atom. The fourth-order valence-corrected chi connectivity index (χ4v) is 4.16. The van der Waals surface area contributed by atoms with E-state index < -0.39 is 23.4 Å². The molecular formula is C20H20F3N3O2. The van der Waals surface area contributed by atoms with Gasteiger partial charge < -0.3 is 9.64 Å². The summed E-state index contributed by atoms with van der Waals surface area (Å²) in [5, 5.41) is 0. The molecule has 0 bridgehead atoms. The van der Waals surface area contributed by atoms with Crippen molar-refractivity contribution in [2.45, 2.75) is 43.5 Å². The topological polar surface area (TPSA) is 55.3 Å². The summed E-state index contributed by atoms with van der Waals surface area (Å²) in [5.41, 5.74) is -0.433. The molecule has 1 aliphatic carbocycles. The molecule has 4 rings (SSSR count). The van der Waals surface area contributed by atoms with Crippen molar-refractivity contribution < 1.29 is 22.7 Å². The van der Waals surface area contributed by atoms with Crippen molar-refractivity contribution in [1.29, 1.82) is 0 Å². The van der Waals surface area contributed by atoms with E-state index >= 15 is 0 Å². The number of ether oxygens (including phenoxy) is 1. The maximum atomic E-state index is 13.2. The third kappa shape index (κ3) is 3.48. The van der Waals surface area contributed by atoms with Gasteiger partial charge in [-0.25, -0.2) is 9.97 Å². The van der Waals surface area contributed by atoms with Crippen LogP contribution in [0.15, 0.2) is 42.9 Å². The standard InChI is InChI=1S/C20H20F3N3O2/c21-20(22,23)15-5-3-4-14(10-15)17-11-26(18(27)16-6-9-24-13-25-16)19(12-28-17)7-1-2-8-19/h3-6,9-10,13,17H,1-2,7-8,11-12H2. The van der Waals surface area contributed by atoms with Gasteiger partial charge in [0, 0.05) is 6.20 Å². The normalized spacial score (nSPS) is 21.8. The fraction of sp³-hybridized carbons (Fsp3) is 0.450. The Labute approximate surface area is 160 Å². The zero-order chi connectivity index (χ0) is 19.8. The lowest BCUT2D eigenvalue weighted by molar-refractivity contribution is -0.138. The number of hydrogen-bond acceptors (Lipinski definition) is 4. The van der Waals surface area contributed by atoms with Gasteiger partial charge in [0.25, 0.3) is 5.91 Å². The van der Waals surface area contributed by atoms with Gasteiger partial charge in [-0.15, -0.1) is 0 Å². The first kappa shape index (κ1) is 18.9. The first-order chi connectivity index (χ1) is 13.4. The minimum absolute atomic E-state index is 0.199. The van der Waals surface area contributed by atoms with Crippen LogP contribution in [0.4, 0.5) is 13.2 Å². The predicted molar refractivity (Wildman–Crippen MR) is 94.4 cm³/mol. The molecule has 2 aromatic rings. The molecule has 1 aliphatic heterocycles. The lowest BCUT2D eigenvalue weighted by Crippen LogP contribution is -2.58. The average molecular weight is 391 g/mol. The Morgan fingerprint density at radius 3 is 2.68 bits per heavy atom. The maximum absolute atomic E-state index is 13.2. The molecule has 1 atom stereocenters. The van der Waals surface area contributed by atoms with Gasteiger partial charge in [-0.1, -0.05) is 25.0 Å². The van der Waals surface area contributed by atoms with Crippen LogP contribution in [0.5, 0.6) is 0 Å². The number of rotatable bonds is 2. The highest BCUT2D eigenvalue weighted by Crippen LogP contribution is 2.42. The van der Waals surface area contributed by atoms with Crippen molar-refractivity contribution >= 4 is 5.91 Å². The molecule has 1 saturated carbocycles. The molecule has 0 radical (unpaired) electrons. The summed E-state index contributed by atoms with van der Waals surface area (Å²) < 4.78 is 45.2.